The maximum absolute atomic E-state index is 11.5. The van der Waals surface area contributed by atoms with E-state index in [0.717, 1.165) is 6.42 Å². The lowest BCUT2D eigenvalue weighted by Crippen LogP contribution is -2.48. The largest absolute Gasteiger partial charge is 0.479 e. The van der Waals surface area contributed by atoms with Crippen LogP contribution in [0, 0.1) is 0 Å². The van der Waals surface area contributed by atoms with Gasteiger partial charge in [0, 0.05) is 6.20 Å². The van der Waals surface area contributed by atoms with E-state index in [9.17, 15) is 9.90 Å². The van der Waals surface area contributed by atoms with Gasteiger partial charge in [0.05, 0.1) is 5.02 Å². The molecule has 1 saturated carbocycles. The van der Waals surface area contributed by atoms with Crippen LogP contribution in [0.15, 0.2) is 18.3 Å². The molecule has 0 saturated heterocycles. The first-order valence-electron chi connectivity index (χ1n) is 5.78. The summed E-state index contributed by atoms with van der Waals surface area (Å²) >= 11 is 5.78. The zero-order valence-electron chi connectivity index (χ0n) is 9.82. The van der Waals surface area contributed by atoms with Crippen LogP contribution in [0.4, 0.5) is 0 Å². The normalized spacial score (nSPS) is 16.9. The van der Waals surface area contributed by atoms with E-state index in [0.29, 0.717) is 29.4 Å². The van der Waals surface area contributed by atoms with Crippen molar-refractivity contribution < 1.29 is 9.90 Å². The number of aromatic nitrogens is 5. The van der Waals surface area contributed by atoms with Gasteiger partial charge < -0.3 is 5.11 Å². The highest BCUT2D eigenvalue weighted by Gasteiger charge is 2.49. The maximum atomic E-state index is 11.5. The number of hydrogen-bond donors (Lipinski definition) is 1. The van der Waals surface area contributed by atoms with Gasteiger partial charge in [-0.15, -0.1) is 5.10 Å². The van der Waals surface area contributed by atoms with E-state index in [1.807, 2.05) is 0 Å². The van der Waals surface area contributed by atoms with E-state index < -0.39 is 11.5 Å². The SMILES string of the molecule is O=C(O)C1(n2nnnc2-c2ccc(Cl)cn2)CCC1. The monoisotopic (exact) mass is 279 g/mol. The van der Waals surface area contributed by atoms with Crippen molar-refractivity contribution in [2.45, 2.75) is 24.8 Å². The Morgan fingerprint density at radius 3 is 2.74 bits per heavy atom. The lowest BCUT2D eigenvalue weighted by molar-refractivity contribution is -0.153. The molecule has 1 aliphatic carbocycles. The maximum Gasteiger partial charge on any atom is 0.331 e. The lowest BCUT2D eigenvalue weighted by Gasteiger charge is -2.37. The minimum absolute atomic E-state index is 0.346. The molecule has 3 rings (SSSR count). The molecule has 0 bridgehead atoms. The molecule has 1 N–H and O–H groups in total. The van der Waals surface area contributed by atoms with Crippen molar-refractivity contribution >= 4 is 17.6 Å². The smallest absolute Gasteiger partial charge is 0.331 e. The number of hydrogen-bond acceptors (Lipinski definition) is 5. The fourth-order valence-electron chi connectivity index (χ4n) is 2.17. The number of aliphatic carboxylic acids is 1. The van der Waals surface area contributed by atoms with Crippen molar-refractivity contribution in [2.24, 2.45) is 0 Å². The van der Waals surface area contributed by atoms with Crippen LogP contribution in [0.25, 0.3) is 11.5 Å². The number of carboxylic acid groups (broad SMARTS) is 1. The van der Waals surface area contributed by atoms with Crippen molar-refractivity contribution in [2.75, 3.05) is 0 Å². The summed E-state index contributed by atoms with van der Waals surface area (Å²) in [6.07, 6.45) is 3.37. The van der Waals surface area contributed by atoms with Gasteiger partial charge in [-0.2, -0.15) is 0 Å². The van der Waals surface area contributed by atoms with E-state index in [1.165, 1.54) is 10.9 Å². The summed E-state index contributed by atoms with van der Waals surface area (Å²) < 4.78 is 1.36. The first-order valence-corrected chi connectivity index (χ1v) is 6.15. The van der Waals surface area contributed by atoms with Gasteiger partial charge in [-0.1, -0.05) is 11.6 Å². The summed E-state index contributed by atoms with van der Waals surface area (Å²) in [5, 5.41) is 21.2. The summed E-state index contributed by atoms with van der Waals surface area (Å²) in [6, 6.07) is 3.33. The topological polar surface area (TPSA) is 93.8 Å². The average molecular weight is 280 g/mol. The molecule has 0 unspecified atom stereocenters. The Kier molecular flexibility index (Phi) is 2.70. The van der Waals surface area contributed by atoms with Crippen LogP contribution >= 0.6 is 11.6 Å². The number of carboxylic acids is 1. The molecule has 19 heavy (non-hydrogen) atoms. The molecule has 7 nitrogen and oxygen atoms in total. The molecule has 0 atom stereocenters. The van der Waals surface area contributed by atoms with Crippen molar-refractivity contribution in [3.63, 3.8) is 0 Å². The standard InChI is InChI=1S/C11H10ClN5O2/c12-7-2-3-8(13-6-7)9-14-15-16-17(9)11(10(18)19)4-1-5-11/h2-3,6H,1,4-5H2,(H,18,19). The Hall–Kier alpha value is -2.02. The van der Waals surface area contributed by atoms with Crippen molar-refractivity contribution in [1.29, 1.82) is 0 Å². The summed E-state index contributed by atoms with van der Waals surface area (Å²) in [4.78, 5) is 15.6. The third-order valence-corrected chi connectivity index (χ3v) is 3.63. The van der Waals surface area contributed by atoms with Gasteiger partial charge in [-0.3, -0.25) is 4.98 Å². The molecule has 1 aliphatic rings. The predicted octanol–water partition coefficient (Wildman–Crippen LogP) is 1.35. The molecule has 1 fully saturated rings. The second kappa shape index (κ2) is 4.27. The highest BCUT2D eigenvalue weighted by atomic mass is 35.5. The first-order chi connectivity index (χ1) is 9.13. The van der Waals surface area contributed by atoms with E-state index in [-0.39, 0.29) is 0 Å². The molecule has 0 spiro atoms. The highest BCUT2D eigenvalue weighted by molar-refractivity contribution is 6.30. The van der Waals surface area contributed by atoms with E-state index in [4.69, 9.17) is 11.6 Å². The van der Waals surface area contributed by atoms with Gasteiger partial charge in [0.2, 0.25) is 5.82 Å². The molecule has 98 valence electrons. The average Bonchev–Trinajstić information content (AvgIpc) is 2.77. The number of rotatable bonds is 3. The molecule has 8 heteroatoms. The van der Waals surface area contributed by atoms with Gasteiger partial charge in [0.25, 0.3) is 0 Å². The summed E-state index contributed by atoms with van der Waals surface area (Å²) in [6.45, 7) is 0. The molecule has 0 aromatic carbocycles. The summed E-state index contributed by atoms with van der Waals surface area (Å²) in [7, 11) is 0. The van der Waals surface area contributed by atoms with Crippen LogP contribution in [0.1, 0.15) is 19.3 Å². The van der Waals surface area contributed by atoms with E-state index in [1.54, 1.807) is 12.1 Å². The van der Waals surface area contributed by atoms with Gasteiger partial charge in [0.1, 0.15) is 5.69 Å². The zero-order valence-corrected chi connectivity index (χ0v) is 10.6. The molecule has 0 amide bonds. The second-order valence-corrected chi connectivity index (χ2v) is 4.90. The molecule has 2 aromatic rings. The van der Waals surface area contributed by atoms with Crippen LogP contribution in [0.5, 0.6) is 0 Å². The molecule has 2 heterocycles. The Bertz CT molecular complexity index is 620. The molecule has 2 aromatic heterocycles. The van der Waals surface area contributed by atoms with Crippen LogP contribution in [0.3, 0.4) is 0 Å². The fourth-order valence-corrected chi connectivity index (χ4v) is 2.28. The predicted molar refractivity (Wildman–Crippen MR) is 65.5 cm³/mol. The number of tetrazole rings is 1. The van der Waals surface area contributed by atoms with Crippen LogP contribution < -0.4 is 0 Å². The van der Waals surface area contributed by atoms with Crippen molar-refractivity contribution in [1.82, 2.24) is 25.2 Å². The summed E-state index contributed by atoms with van der Waals surface area (Å²) in [5.41, 5.74) is -0.540. The third kappa shape index (κ3) is 1.77. The highest BCUT2D eigenvalue weighted by Crippen LogP contribution is 2.40. The van der Waals surface area contributed by atoms with Crippen molar-refractivity contribution in [3.8, 4) is 11.5 Å². The number of halogens is 1. The minimum atomic E-state index is -1.04. The number of carbonyl (C=O) groups is 1. The molecular weight excluding hydrogens is 270 g/mol. The van der Waals surface area contributed by atoms with E-state index in [2.05, 4.69) is 20.5 Å². The Balaban J connectivity index is 2.08. The molecular formula is C11H10ClN5O2. The molecule has 0 radical (unpaired) electrons. The number of pyridine rings is 1. The number of nitrogens with zero attached hydrogens (tertiary/aromatic N) is 5. The zero-order chi connectivity index (χ0) is 13.5. The molecule has 0 aliphatic heterocycles. The van der Waals surface area contributed by atoms with Gasteiger partial charge >= 0.3 is 5.97 Å². The Morgan fingerprint density at radius 1 is 1.42 bits per heavy atom. The van der Waals surface area contributed by atoms with Gasteiger partial charge in [-0.05, 0) is 41.8 Å². The van der Waals surface area contributed by atoms with Crippen molar-refractivity contribution in [3.05, 3.63) is 23.4 Å². The lowest BCUT2D eigenvalue weighted by atomic mass is 9.77. The Labute approximate surface area is 113 Å². The fraction of sp³-hybridized carbons (Fsp3) is 0.364. The quantitative estimate of drug-likeness (QED) is 0.911. The van der Waals surface area contributed by atoms with Crippen LogP contribution in [0.2, 0.25) is 5.02 Å². The van der Waals surface area contributed by atoms with Crippen LogP contribution in [-0.4, -0.2) is 36.3 Å². The van der Waals surface area contributed by atoms with Gasteiger partial charge in [0.15, 0.2) is 5.54 Å². The Morgan fingerprint density at radius 2 is 2.21 bits per heavy atom. The first kappa shape index (κ1) is 12.0. The second-order valence-electron chi connectivity index (χ2n) is 4.47. The van der Waals surface area contributed by atoms with Gasteiger partial charge in [-0.25, -0.2) is 9.48 Å². The summed E-state index contributed by atoms with van der Waals surface area (Å²) in [5.74, 6) is -0.569. The minimum Gasteiger partial charge on any atom is -0.479 e. The third-order valence-electron chi connectivity index (χ3n) is 3.41. The van der Waals surface area contributed by atoms with Crippen LogP contribution in [-0.2, 0) is 10.3 Å². The van der Waals surface area contributed by atoms with E-state index >= 15 is 0 Å².